The Hall–Kier alpha value is -1.09. The lowest BCUT2D eigenvalue weighted by atomic mass is 9.80. The molecule has 3 nitrogen and oxygen atoms in total. The first-order valence-corrected chi connectivity index (χ1v) is 9.85. The van der Waals surface area contributed by atoms with Crippen LogP contribution in [-0.2, 0) is 14.3 Å². The van der Waals surface area contributed by atoms with E-state index in [0.717, 1.165) is 44.9 Å². The van der Waals surface area contributed by atoms with Crippen molar-refractivity contribution in [1.29, 1.82) is 0 Å². The minimum Gasteiger partial charge on any atom is -0.459 e. The summed E-state index contributed by atoms with van der Waals surface area (Å²) in [4.78, 5) is 11.8. The number of hydrogen-bond acceptors (Lipinski definition) is 3. The normalized spacial score (nSPS) is 38.6. The van der Waals surface area contributed by atoms with Crippen LogP contribution in [0.1, 0.15) is 86.5 Å². The lowest BCUT2D eigenvalue weighted by Gasteiger charge is -2.37. The van der Waals surface area contributed by atoms with Crippen LogP contribution in [0, 0.1) is 5.92 Å². The summed E-state index contributed by atoms with van der Waals surface area (Å²) in [5.74, 6) is 0.112. The molecule has 0 saturated carbocycles. The quantitative estimate of drug-likeness (QED) is 0.363. The zero-order chi connectivity index (χ0) is 18.7. The summed E-state index contributed by atoms with van der Waals surface area (Å²) in [5, 5.41) is 0. The fourth-order valence-corrected chi connectivity index (χ4v) is 3.92. The Morgan fingerprint density at radius 2 is 1.88 bits per heavy atom. The van der Waals surface area contributed by atoms with E-state index in [1.165, 1.54) is 18.1 Å². The van der Waals surface area contributed by atoms with Gasteiger partial charge in [0.15, 0.2) is 0 Å². The van der Waals surface area contributed by atoms with Crippen molar-refractivity contribution < 1.29 is 14.3 Å². The van der Waals surface area contributed by atoms with E-state index in [0.29, 0.717) is 6.10 Å². The van der Waals surface area contributed by atoms with Gasteiger partial charge in [-0.1, -0.05) is 37.1 Å². The van der Waals surface area contributed by atoms with Crippen LogP contribution in [0.5, 0.6) is 0 Å². The number of rotatable bonds is 2. The van der Waals surface area contributed by atoms with Gasteiger partial charge in [-0.15, -0.1) is 0 Å². The van der Waals surface area contributed by atoms with Gasteiger partial charge in [0.2, 0.25) is 0 Å². The molecule has 1 heterocycles. The lowest BCUT2D eigenvalue weighted by molar-refractivity contribution is -0.163. The van der Waals surface area contributed by atoms with Crippen LogP contribution in [0.15, 0.2) is 23.3 Å². The molecule has 2 aliphatic rings. The van der Waals surface area contributed by atoms with Crippen LogP contribution in [0.3, 0.4) is 0 Å². The number of epoxide rings is 1. The number of ether oxygens (including phenoxy) is 2. The van der Waals surface area contributed by atoms with Crippen molar-refractivity contribution in [2.75, 3.05) is 0 Å². The minimum absolute atomic E-state index is 0.0839. The molecular weight excluding hydrogens is 312 g/mol. The van der Waals surface area contributed by atoms with Crippen molar-refractivity contribution in [3.8, 4) is 0 Å². The lowest BCUT2D eigenvalue weighted by Crippen LogP contribution is -2.39. The fraction of sp³-hybridized carbons (Fsp3) is 0.773. The topological polar surface area (TPSA) is 38.8 Å². The van der Waals surface area contributed by atoms with Crippen molar-refractivity contribution in [2.24, 2.45) is 5.92 Å². The van der Waals surface area contributed by atoms with Gasteiger partial charge in [0.1, 0.15) is 5.60 Å². The van der Waals surface area contributed by atoms with Gasteiger partial charge in [0.05, 0.1) is 11.7 Å². The van der Waals surface area contributed by atoms with Crippen LogP contribution in [0.4, 0.5) is 0 Å². The van der Waals surface area contributed by atoms with E-state index in [4.69, 9.17) is 9.47 Å². The molecule has 0 unspecified atom stereocenters. The maximum absolute atomic E-state index is 11.8. The number of esters is 1. The predicted molar refractivity (Wildman–Crippen MR) is 102 cm³/mol. The van der Waals surface area contributed by atoms with Gasteiger partial charge in [0.25, 0.3) is 0 Å². The molecule has 2 rings (SSSR count). The summed E-state index contributed by atoms with van der Waals surface area (Å²) >= 11 is 0. The molecule has 3 heteroatoms. The fourth-order valence-electron chi connectivity index (χ4n) is 3.92. The number of carbonyl (C=O) groups is 1. The zero-order valence-corrected chi connectivity index (χ0v) is 17.0. The van der Waals surface area contributed by atoms with Crippen LogP contribution in [0.2, 0.25) is 0 Å². The van der Waals surface area contributed by atoms with E-state index in [1.54, 1.807) is 0 Å². The Labute approximate surface area is 153 Å². The van der Waals surface area contributed by atoms with Gasteiger partial charge < -0.3 is 9.47 Å². The second kappa shape index (κ2) is 8.07. The first kappa shape index (κ1) is 20.2. The highest BCUT2D eigenvalue weighted by Crippen LogP contribution is 2.44. The molecule has 142 valence electrons. The molecule has 1 aliphatic heterocycles. The number of fused-ring (bicyclic) bond motifs is 1. The smallest absolute Gasteiger partial charge is 0.303 e. The van der Waals surface area contributed by atoms with Crippen LogP contribution in [-0.4, -0.2) is 23.3 Å². The Bertz CT molecular complexity index is 545. The van der Waals surface area contributed by atoms with Crippen molar-refractivity contribution in [3.63, 3.8) is 0 Å². The van der Waals surface area contributed by atoms with Gasteiger partial charge in [-0.25, -0.2) is 0 Å². The second-order valence-electron chi connectivity index (χ2n) is 8.61. The second-order valence-corrected chi connectivity index (χ2v) is 8.61. The highest BCUT2D eigenvalue weighted by Gasteiger charge is 2.50. The number of carbonyl (C=O) groups excluding carboxylic acids is 1. The van der Waals surface area contributed by atoms with E-state index in [-0.39, 0.29) is 17.5 Å². The highest BCUT2D eigenvalue weighted by atomic mass is 16.6. The summed E-state index contributed by atoms with van der Waals surface area (Å²) in [6.07, 6.45) is 12.0. The molecule has 0 N–H and O–H groups in total. The summed E-state index contributed by atoms with van der Waals surface area (Å²) in [5.41, 5.74) is 2.44. The molecule has 3 atom stereocenters. The Morgan fingerprint density at radius 3 is 2.52 bits per heavy atom. The van der Waals surface area contributed by atoms with Gasteiger partial charge in [-0.05, 0) is 65.2 Å². The van der Waals surface area contributed by atoms with Gasteiger partial charge in [-0.2, -0.15) is 0 Å². The zero-order valence-electron chi connectivity index (χ0n) is 17.0. The molecule has 0 aromatic rings. The van der Waals surface area contributed by atoms with E-state index < -0.39 is 5.60 Å². The molecule has 0 spiro atoms. The van der Waals surface area contributed by atoms with Gasteiger partial charge in [-0.3, -0.25) is 4.79 Å². The van der Waals surface area contributed by atoms with Crippen LogP contribution in [0.25, 0.3) is 0 Å². The standard InChI is InChI=1S/C22H36O3/c1-16(2)22(24-19(5)23)14-11-17(3)8-7-13-21(6)20(25-21)10-9-18(4)12-15-22/h8,12,16,20H,7,9-11,13-15H2,1-6H3/b17-8+,18-12+/t20-,21-,22+/m0/s1. The van der Waals surface area contributed by atoms with Crippen molar-refractivity contribution in [2.45, 2.75) is 104 Å². The molecule has 0 bridgehead atoms. The summed E-state index contributed by atoms with van der Waals surface area (Å²) in [6.45, 7) is 12.5. The molecule has 0 radical (unpaired) electrons. The molecule has 0 aromatic heterocycles. The molecule has 0 amide bonds. The molecular formula is C22H36O3. The van der Waals surface area contributed by atoms with Gasteiger partial charge in [0, 0.05) is 13.3 Å². The molecule has 0 aromatic carbocycles. The Morgan fingerprint density at radius 1 is 1.20 bits per heavy atom. The Kier molecular flexibility index (Phi) is 6.53. The summed E-state index contributed by atoms with van der Waals surface area (Å²) in [7, 11) is 0. The van der Waals surface area contributed by atoms with Gasteiger partial charge >= 0.3 is 5.97 Å². The van der Waals surface area contributed by atoms with Crippen molar-refractivity contribution >= 4 is 5.97 Å². The monoisotopic (exact) mass is 348 g/mol. The third-order valence-corrected chi connectivity index (χ3v) is 6.11. The van der Waals surface area contributed by atoms with Crippen LogP contribution < -0.4 is 0 Å². The first-order chi connectivity index (χ1) is 11.7. The maximum Gasteiger partial charge on any atom is 0.303 e. The molecule has 1 saturated heterocycles. The third-order valence-electron chi connectivity index (χ3n) is 6.11. The Balaban J connectivity index is 2.21. The van der Waals surface area contributed by atoms with Crippen molar-refractivity contribution in [3.05, 3.63) is 23.3 Å². The molecule has 1 fully saturated rings. The average molecular weight is 349 g/mol. The SMILES string of the molecule is CC(=O)O[C@@]1(C(C)C)C/C=C(\C)CC[C@@H]2O[C@@]2(C)CC/C=C(\C)CC1. The molecule has 25 heavy (non-hydrogen) atoms. The average Bonchev–Trinajstić information content (AvgIpc) is 3.17. The maximum atomic E-state index is 11.8. The van der Waals surface area contributed by atoms with E-state index in [2.05, 4.69) is 46.8 Å². The van der Waals surface area contributed by atoms with E-state index in [1.807, 2.05) is 0 Å². The highest BCUT2D eigenvalue weighted by molar-refractivity contribution is 5.66. The van der Waals surface area contributed by atoms with Crippen LogP contribution >= 0.6 is 0 Å². The number of hydrogen-bond donors (Lipinski definition) is 0. The largest absolute Gasteiger partial charge is 0.459 e. The first-order valence-electron chi connectivity index (χ1n) is 9.85. The third kappa shape index (κ3) is 5.44. The summed E-state index contributed by atoms with van der Waals surface area (Å²) in [6, 6.07) is 0. The number of allylic oxidation sites excluding steroid dienone is 3. The van der Waals surface area contributed by atoms with E-state index >= 15 is 0 Å². The van der Waals surface area contributed by atoms with E-state index in [9.17, 15) is 4.79 Å². The van der Waals surface area contributed by atoms with Crippen molar-refractivity contribution in [1.82, 2.24) is 0 Å². The summed E-state index contributed by atoms with van der Waals surface area (Å²) < 4.78 is 11.9. The minimum atomic E-state index is -0.406. The predicted octanol–water partition coefficient (Wildman–Crippen LogP) is 5.74. The molecule has 1 aliphatic carbocycles.